The van der Waals surface area contributed by atoms with Crippen LogP contribution in [0.25, 0.3) is 11.3 Å². The maximum absolute atomic E-state index is 12.7. The molecular formula is C22H28N4O3. The number of hydrogen-bond donors (Lipinski definition) is 0. The number of methoxy groups -OCH3 is 1. The van der Waals surface area contributed by atoms with E-state index in [1.165, 1.54) is 0 Å². The Labute approximate surface area is 171 Å². The molecule has 154 valence electrons. The number of benzene rings is 1. The fourth-order valence-electron chi connectivity index (χ4n) is 4.17. The summed E-state index contributed by atoms with van der Waals surface area (Å²) in [7, 11) is 1.67. The summed E-state index contributed by atoms with van der Waals surface area (Å²) >= 11 is 0. The SMILES string of the molecule is COc1cccc(-c2nccnc2[C@@H]2CCCN(CC(=O)N3CCOCC3)C2)c1. The van der Waals surface area contributed by atoms with Crippen molar-refractivity contribution in [1.82, 2.24) is 19.8 Å². The van der Waals surface area contributed by atoms with Gasteiger partial charge in [0.2, 0.25) is 5.91 Å². The first-order valence-corrected chi connectivity index (χ1v) is 10.3. The van der Waals surface area contributed by atoms with Crippen molar-refractivity contribution in [2.24, 2.45) is 0 Å². The Morgan fingerprint density at radius 3 is 2.86 bits per heavy atom. The van der Waals surface area contributed by atoms with Gasteiger partial charge in [-0.15, -0.1) is 0 Å². The zero-order valence-electron chi connectivity index (χ0n) is 16.9. The summed E-state index contributed by atoms with van der Waals surface area (Å²) in [6.07, 6.45) is 5.60. The van der Waals surface area contributed by atoms with Crippen LogP contribution in [0.4, 0.5) is 0 Å². The summed E-state index contributed by atoms with van der Waals surface area (Å²) in [5.41, 5.74) is 2.91. The van der Waals surface area contributed by atoms with Crippen LogP contribution in [0.15, 0.2) is 36.7 Å². The average molecular weight is 396 g/mol. The minimum Gasteiger partial charge on any atom is -0.497 e. The number of morpholine rings is 1. The van der Waals surface area contributed by atoms with Crippen LogP contribution < -0.4 is 4.74 Å². The number of nitrogens with zero attached hydrogens (tertiary/aromatic N) is 4. The van der Waals surface area contributed by atoms with E-state index in [1.807, 2.05) is 29.2 Å². The minimum atomic E-state index is 0.195. The van der Waals surface area contributed by atoms with E-state index in [4.69, 9.17) is 14.5 Å². The van der Waals surface area contributed by atoms with Gasteiger partial charge in [-0.05, 0) is 31.5 Å². The number of piperidine rings is 1. The summed E-state index contributed by atoms with van der Waals surface area (Å²) in [5.74, 6) is 1.26. The van der Waals surface area contributed by atoms with Crippen LogP contribution in [-0.4, -0.2) is 78.7 Å². The predicted molar refractivity (Wildman–Crippen MR) is 110 cm³/mol. The second-order valence-corrected chi connectivity index (χ2v) is 7.59. The van der Waals surface area contributed by atoms with Gasteiger partial charge in [-0.2, -0.15) is 0 Å². The van der Waals surface area contributed by atoms with Crippen LogP contribution in [0, 0.1) is 0 Å². The van der Waals surface area contributed by atoms with E-state index in [0.29, 0.717) is 32.8 Å². The van der Waals surface area contributed by atoms with E-state index >= 15 is 0 Å². The number of carbonyl (C=O) groups is 1. The Morgan fingerprint density at radius 2 is 2.03 bits per heavy atom. The van der Waals surface area contributed by atoms with E-state index in [1.54, 1.807) is 19.5 Å². The van der Waals surface area contributed by atoms with E-state index in [2.05, 4.69) is 9.88 Å². The van der Waals surface area contributed by atoms with Crippen LogP contribution >= 0.6 is 0 Å². The molecule has 7 nitrogen and oxygen atoms in total. The van der Waals surface area contributed by atoms with Crippen molar-refractivity contribution in [3.05, 3.63) is 42.4 Å². The van der Waals surface area contributed by atoms with Crippen molar-refractivity contribution in [2.75, 3.05) is 53.0 Å². The van der Waals surface area contributed by atoms with Gasteiger partial charge in [0.1, 0.15) is 5.75 Å². The van der Waals surface area contributed by atoms with E-state index in [0.717, 1.165) is 48.6 Å². The Kier molecular flexibility index (Phi) is 6.36. The number of aromatic nitrogens is 2. The lowest BCUT2D eigenvalue weighted by molar-refractivity contribution is -0.136. The summed E-state index contributed by atoms with van der Waals surface area (Å²) in [4.78, 5) is 26.2. The number of amides is 1. The Morgan fingerprint density at radius 1 is 1.21 bits per heavy atom. The number of carbonyl (C=O) groups excluding carboxylic acids is 1. The summed E-state index contributed by atoms with van der Waals surface area (Å²) in [6, 6.07) is 7.94. The summed E-state index contributed by atoms with van der Waals surface area (Å²) in [6.45, 7) is 4.90. The van der Waals surface area contributed by atoms with Gasteiger partial charge in [-0.3, -0.25) is 19.7 Å². The molecule has 29 heavy (non-hydrogen) atoms. The Bertz CT molecular complexity index is 838. The van der Waals surface area contributed by atoms with Crippen LogP contribution in [0.3, 0.4) is 0 Å². The third kappa shape index (κ3) is 4.74. The van der Waals surface area contributed by atoms with Gasteiger partial charge in [-0.1, -0.05) is 12.1 Å². The van der Waals surface area contributed by atoms with Gasteiger partial charge in [0.15, 0.2) is 0 Å². The van der Waals surface area contributed by atoms with Gasteiger partial charge >= 0.3 is 0 Å². The van der Waals surface area contributed by atoms with Crippen LogP contribution in [-0.2, 0) is 9.53 Å². The normalized spacial score (nSPS) is 20.4. The number of hydrogen-bond acceptors (Lipinski definition) is 6. The third-order valence-electron chi connectivity index (χ3n) is 5.68. The molecule has 1 aromatic carbocycles. The molecule has 0 aliphatic carbocycles. The highest BCUT2D eigenvalue weighted by Crippen LogP contribution is 2.32. The van der Waals surface area contributed by atoms with Crippen LogP contribution in [0.2, 0.25) is 0 Å². The average Bonchev–Trinajstić information content (AvgIpc) is 2.80. The van der Waals surface area contributed by atoms with Gasteiger partial charge in [0.25, 0.3) is 0 Å². The lowest BCUT2D eigenvalue weighted by atomic mass is 9.91. The molecule has 0 N–H and O–H groups in total. The predicted octanol–water partition coefficient (Wildman–Crippen LogP) is 2.19. The molecule has 0 spiro atoms. The molecule has 2 aliphatic rings. The van der Waals surface area contributed by atoms with E-state index in [9.17, 15) is 4.79 Å². The van der Waals surface area contributed by atoms with E-state index < -0.39 is 0 Å². The lowest BCUT2D eigenvalue weighted by Gasteiger charge is -2.34. The number of ether oxygens (including phenoxy) is 2. The fourth-order valence-corrected chi connectivity index (χ4v) is 4.17. The van der Waals surface area contributed by atoms with Gasteiger partial charge in [-0.25, -0.2) is 0 Å². The summed E-state index contributed by atoms with van der Waals surface area (Å²) in [5, 5.41) is 0. The standard InChI is InChI=1S/C22H28N4O3/c1-28-19-6-2-4-17(14-19)21-22(24-8-7-23-21)18-5-3-9-25(15-18)16-20(27)26-10-12-29-13-11-26/h2,4,6-8,14,18H,3,5,9-13,15-16H2,1H3/t18-/m1/s1. The molecule has 1 amide bonds. The zero-order valence-corrected chi connectivity index (χ0v) is 16.9. The van der Waals surface area contributed by atoms with Crippen molar-refractivity contribution in [2.45, 2.75) is 18.8 Å². The quantitative estimate of drug-likeness (QED) is 0.772. The van der Waals surface area contributed by atoms with Crippen molar-refractivity contribution < 1.29 is 14.3 Å². The first-order valence-electron chi connectivity index (χ1n) is 10.3. The molecule has 1 atom stereocenters. The van der Waals surface area contributed by atoms with Crippen LogP contribution in [0.1, 0.15) is 24.5 Å². The maximum Gasteiger partial charge on any atom is 0.236 e. The number of rotatable bonds is 5. The smallest absolute Gasteiger partial charge is 0.236 e. The van der Waals surface area contributed by atoms with Crippen LogP contribution in [0.5, 0.6) is 5.75 Å². The number of likely N-dealkylation sites (tertiary alicyclic amines) is 1. The first kappa shape index (κ1) is 19.8. The van der Waals surface area contributed by atoms with Crippen molar-refractivity contribution >= 4 is 5.91 Å². The lowest BCUT2D eigenvalue weighted by Crippen LogP contribution is -2.47. The molecule has 7 heteroatoms. The van der Waals surface area contributed by atoms with Crippen molar-refractivity contribution in [3.8, 4) is 17.0 Å². The molecule has 0 bridgehead atoms. The fraction of sp³-hybridized carbons (Fsp3) is 0.500. The third-order valence-corrected chi connectivity index (χ3v) is 5.68. The first-order chi connectivity index (χ1) is 14.2. The molecule has 2 saturated heterocycles. The minimum absolute atomic E-state index is 0.195. The highest BCUT2D eigenvalue weighted by Gasteiger charge is 2.28. The molecule has 3 heterocycles. The molecular weight excluding hydrogens is 368 g/mol. The van der Waals surface area contributed by atoms with E-state index in [-0.39, 0.29) is 11.8 Å². The molecule has 2 fully saturated rings. The molecule has 0 unspecified atom stereocenters. The Hall–Kier alpha value is -2.51. The zero-order chi connectivity index (χ0) is 20.1. The second-order valence-electron chi connectivity index (χ2n) is 7.59. The molecule has 4 rings (SSSR count). The molecule has 2 aliphatic heterocycles. The largest absolute Gasteiger partial charge is 0.497 e. The second kappa shape index (κ2) is 9.33. The van der Waals surface area contributed by atoms with Crippen molar-refractivity contribution in [1.29, 1.82) is 0 Å². The Balaban J connectivity index is 1.49. The monoisotopic (exact) mass is 396 g/mol. The van der Waals surface area contributed by atoms with Gasteiger partial charge in [0.05, 0.1) is 38.3 Å². The van der Waals surface area contributed by atoms with Crippen molar-refractivity contribution in [3.63, 3.8) is 0 Å². The molecule has 0 radical (unpaired) electrons. The molecule has 0 saturated carbocycles. The van der Waals surface area contributed by atoms with Gasteiger partial charge in [0, 0.05) is 43.5 Å². The highest BCUT2D eigenvalue weighted by atomic mass is 16.5. The summed E-state index contributed by atoms with van der Waals surface area (Å²) < 4.78 is 10.7. The van der Waals surface area contributed by atoms with Gasteiger partial charge < -0.3 is 14.4 Å². The molecule has 2 aromatic rings. The topological polar surface area (TPSA) is 67.8 Å². The maximum atomic E-state index is 12.7. The highest BCUT2D eigenvalue weighted by molar-refractivity contribution is 5.78. The molecule has 1 aromatic heterocycles.